The first-order valence-corrected chi connectivity index (χ1v) is 4.91. The van der Waals surface area contributed by atoms with Crippen molar-refractivity contribution in [3.05, 3.63) is 0 Å². The minimum atomic E-state index is -0.981. The average molecular weight is 217 g/mol. The molecule has 0 radical (unpaired) electrons. The van der Waals surface area contributed by atoms with E-state index in [4.69, 9.17) is 10.2 Å². The molecule has 0 spiro atoms. The van der Waals surface area contributed by atoms with Crippen molar-refractivity contribution in [2.75, 3.05) is 13.2 Å². The van der Waals surface area contributed by atoms with Crippen molar-refractivity contribution in [1.82, 2.24) is 5.32 Å². The fraction of sp³-hybridized carbons (Fsp3) is 0.800. The van der Waals surface area contributed by atoms with Gasteiger partial charge < -0.3 is 15.5 Å². The van der Waals surface area contributed by atoms with Gasteiger partial charge in [0.15, 0.2) is 0 Å². The lowest BCUT2D eigenvalue weighted by molar-refractivity contribution is -0.140. The molecule has 15 heavy (non-hydrogen) atoms. The van der Waals surface area contributed by atoms with Crippen LogP contribution in [0.5, 0.6) is 0 Å². The maximum Gasteiger partial charge on any atom is 0.304 e. The lowest BCUT2D eigenvalue weighted by Gasteiger charge is -2.25. The molecule has 1 atom stereocenters. The van der Waals surface area contributed by atoms with Gasteiger partial charge in [-0.3, -0.25) is 9.59 Å². The summed E-state index contributed by atoms with van der Waals surface area (Å²) in [7, 11) is 0. The van der Waals surface area contributed by atoms with Gasteiger partial charge in [0.05, 0.1) is 13.0 Å². The van der Waals surface area contributed by atoms with Crippen molar-refractivity contribution < 1.29 is 19.8 Å². The number of rotatable bonds is 6. The highest BCUT2D eigenvalue weighted by molar-refractivity contribution is 5.78. The van der Waals surface area contributed by atoms with Gasteiger partial charge in [-0.25, -0.2) is 0 Å². The van der Waals surface area contributed by atoms with Gasteiger partial charge in [-0.1, -0.05) is 20.8 Å². The summed E-state index contributed by atoms with van der Waals surface area (Å²) in [6.07, 6.45) is -0.165. The molecule has 88 valence electrons. The Bertz CT molecular complexity index is 240. The molecule has 5 nitrogen and oxygen atoms in total. The van der Waals surface area contributed by atoms with Gasteiger partial charge in [0.1, 0.15) is 0 Å². The molecule has 0 aliphatic heterocycles. The van der Waals surface area contributed by atoms with E-state index in [0.29, 0.717) is 0 Å². The Morgan fingerprint density at radius 2 is 1.93 bits per heavy atom. The normalized spacial score (nSPS) is 14.7. The van der Waals surface area contributed by atoms with Crippen molar-refractivity contribution in [2.45, 2.75) is 27.2 Å². The molecule has 0 aromatic carbocycles. The Balaban J connectivity index is 4.20. The molecule has 0 aliphatic rings. The number of carboxylic acid groups (broad SMARTS) is 1. The van der Waals surface area contributed by atoms with Gasteiger partial charge in [0, 0.05) is 17.9 Å². The number of amides is 1. The smallest absolute Gasteiger partial charge is 0.304 e. The van der Waals surface area contributed by atoms with Crippen molar-refractivity contribution in [1.29, 1.82) is 0 Å². The van der Waals surface area contributed by atoms with Crippen molar-refractivity contribution in [3.63, 3.8) is 0 Å². The second kappa shape index (κ2) is 5.70. The van der Waals surface area contributed by atoms with Crippen LogP contribution in [0.4, 0.5) is 0 Å². The summed E-state index contributed by atoms with van der Waals surface area (Å²) in [6.45, 7) is 5.04. The quantitative estimate of drug-likeness (QED) is 0.594. The van der Waals surface area contributed by atoms with E-state index in [0.717, 1.165) is 0 Å². The Hall–Kier alpha value is -1.10. The third kappa shape index (κ3) is 5.37. The molecular formula is C10H19NO4. The van der Waals surface area contributed by atoms with Gasteiger partial charge >= 0.3 is 5.97 Å². The second-order valence-corrected chi connectivity index (χ2v) is 4.41. The number of aliphatic hydroxyl groups excluding tert-OH is 1. The van der Waals surface area contributed by atoms with Gasteiger partial charge in [0.2, 0.25) is 5.91 Å². The number of nitrogens with one attached hydrogen (secondary N) is 1. The lowest BCUT2D eigenvalue weighted by Crippen LogP contribution is -2.40. The molecule has 1 amide bonds. The number of carbonyl (C=O) groups excluding carboxylic acids is 1. The van der Waals surface area contributed by atoms with E-state index in [1.54, 1.807) is 20.8 Å². The minimum Gasteiger partial charge on any atom is -0.481 e. The van der Waals surface area contributed by atoms with Gasteiger partial charge in [0.25, 0.3) is 0 Å². The highest BCUT2D eigenvalue weighted by Crippen LogP contribution is 2.19. The molecule has 0 saturated heterocycles. The van der Waals surface area contributed by atoms with Crippen LogP contribution in [0.2, 0.25) is 0 Å². The molecular weight excluding hydrogens is 198 g/mol. The molecule has 0 aliphatic carbocycles. The van der Waals surface area contributed by atoms with E-state index in [1.165, 1.54) is 0 Å². The van der Waals surface area contributed by atoms with E-state index in [2.05, 4.69) is 5.32 Å². The lowest BCUT2D eigenvalue weighted by atomic mass is 9.87. The van der Waals surface area contributed by atoms with Crippen LogP contribution < -0.4 is 5.32 Å². The number of hydrogen-bond acceptors (Lipinski definition) is 3. The summed E-state index contributed by atoms with van der Waals surface area (Å²) in [4.78, 5) is 21.8. The van der Waals surface area contributed by atoms with Gasteiger partial charge in [-0.05, 0) is 0 Å². The maximum absolute atomic E-state index is 11.3. The van der Waals surface area contributed by atoms with Crippen LogP contribution in [-0.4, -0.2) is 35.2 Å². The maximum atomic E-state index is 11.3. The Morgan fingerprint density at radius 3 is 2.27 bits per heavy atom. The topological polar surface area (TPSA) is 86.6 Å². The molecule has 1 unspecified atom stereocenters. The highest BCUT2D eigenvalue weighted by Gasteiger charge is 2.27. The summed E-state index contributed by atoms with van der Waals surface area (Å²) >= 11 is 0. The summed E-state index contributed by atoms with van der Waals surface area (Å²) in [5.41, 5.74) is -0.795. The first kappa shape index (κ1) is 13.9. The molecule has 0 aromatic rings. The molecule has 0 heterocycles. The largest absolute Gasteiger partial charge is 0.481 e. The van der Waals surface area contributed by atoms with E-state index in [9.17, 15) is 9.59 Å². The zero-order valence-corrected chi connectivity index (χ0v) is 9.41. The predicted octanol–water partition coefficient (Wildman–Crippen LogP) is 0.232. The zero-order chi connectivity index (χ0) is 12.1. The number of carboxylic acids is 1. The number of aliphatic carboxylic acids is 1. The van der Waals surface area contributed by atoms with Crippen molar-refractivity contribution in [2.24, 2.45) is 11.3 Å². The van der Waals surface area contributed by atoms with Crippen LogP contribution in [-0.2, 0) is 9.59 Å². The van der Waals surface area contributed by atoms with Crippen LogP contribution in [0.1, 0.15) is 27.2 Å². The molecule has 5 heteroatoms. The first-order valence-electron chi connectivity index (χ1n) is 4.91. The standard InChI is InChI=1S/C10H19NO4/c1-7(2)9(15)11-5-10(3,6-12)4-8(13)14/h7,12H,4-6H2,1-3H3,(H,11,15)(H,13,14). The molecule has 0 rings (SSSR count). The van der Waals surface area contributed by atoms with Crippen molar-refractivity contribution >= 4 is 11.9 Å². The SMILES string of the molecule is CC(C)C(=O)NCC(C)(CO)CC(=O)O. The number of hydrogen-bond donors (Lipinski definition) is 3. The Morgan fingerprint density at radius 1 is 1.40 bits per heavy atom. The van der Waals surface area contributed by atoms with E-state index < -0.39 is 11.4 Å². The van der Waals surface area contributed by atoms with Gasteiger partial charge in [-0.15, -0.1) is 0 Å². The summed E-state index contributed by atoms with van der Waals surface area (Å²) in [5.74, 6) is -1.26. The average Bonchev–Trinajstić information content (AvgIpc) is 2.13. The zero-order valence-electron chi connectivity index (χ0n) is 9.41. The van der Waals surface area contributed by atoms with Crippen LogP contribution in [0.15, 0.2) is 0 Å². The van der Waals surface area contributed by atoms with Gasteiger partial charge in [-0.2, -0.15) is 0 Å². The molecule has 0 aromatic heterocycles. The van der Waals surface area contributed by atoms with Crippen LogP contribution in [0.3, 0.4) is 0 Å². The van der Waals surface area contributed by atoms with E-state index in [-0.39, 0.29) is 31.4 Å². The predicted molar refractivity (Wildman–Crippen MR) is 55.3 cm³/mol. The summed E-state index contributed by atoms with van der Waals surface area (Å²) in [5, 5.41) is 20.3. The van der Waals surface area contributed by atoms with Crippen LogP contribution >= 0.6 is 0 Å². The molecule has 3 N–H and O–H groups in total. The molecule has 0 bridgehead atoms. The molecule has 0 fully saturated rings. The van der Waals surface area contributed by atoms with Crippen molar-refractivity contribution in [3.8, 4) is 0 Å². The second-order valence-electron chi connectivity index (χ2n) is 4.41. The highest BCUT2D eigenvalue weighted by atomic mass is 16.4. The summed E-state index contributed by atoms with van der Waals surface area (Å²) < 4.78 is 0. The summed E-state index contributed by atoms with van der Waals surface area (Å²) in [6, 6.07) is 0. The molecule has 0 saturated carbocycles. The fourth-order valence-electron chi connectivity index (χ4n) is 1.04. The fourth-order valence-corrected chi connectivity index (χ4v) is 1.04. The van der Waals surface area contributed by atoms with Crippen LogP contribution in [0.25, 0.3) is 0 Å². The number of aliphatic hydroxyl groups is 1. The van der Waals surface area contributed by atoms with E-state index in [1.807, 2.05) is 0 Å². The first-order chi connectivity index (χ1) is 6.80. The Kier molecular flexibility index (Phi) is 5.28. The third-order valence-corrected chi connectivity index (χ3v) is 2.17. The third-order valence-electron chi connectivity index (χ3n) is 2.17. The number of carbonyl (C=O) groups is 2. The monoisotopic (exact) mass is 217 g/mol. The van der Waals surface area contributed by atoms with E-state index >= 15 is 0 Å². The van der Waals surface area contributed by atoms with Crippen LogP contribution in [0, 0.1) is 11.3 Å². The minimum absolute atomic E-state index is 0.139. The Labute approximate surface area is 89.5 Å².